The van der Waals surface area contributed by atoms with Crippen molar-refractivity contribution in [3.05, 3.63) is 24.0 Å². The van der Waals surface area contributed by atoms with Crippen molar-refractivity contribution in [2.45, 2.75) is 46.1 Å². The lowest BCUT2D eigenvalue weighted by Gasteiger charge is -2.37. The molecule has 0 aliphatic heterocycles. The van der Waals surface area contributed by atoms with Gasteiger partial charge in [0.2, 0.25) is 0 Å². The van der Waals surface area contributed by atoms with Crippen LogP contribution in [-0.2, 0) is 0 Å². The summed E-state index contributed by atoms with van der Waals surface area (Å²) in [6.07, 6.45) is 6.26. The third kappa shape index (κ3) is 3.50. The van der Waals surface area contributed by atoms with E-state index in [1.807, 2.05) is 0 Å². The van der Waals surface area contributed by atoms with Crippen LogP contribution in [0.3, 0.4) is 0 Å². The minimum atomic E-state index is -0.141. The van der Waals surface area contributed by atoms with Gasteiger partial charge in [-0.15, -0.1) is 0 Å². The fourth-order valence-electron chi connectivity index (χ4n) is 3.17. The summed E-state index contributed by atoms with van der Waals surface area (Å²) in [6.45, 7) is 6.68. The molecule has 0 bridgehead atoms. The van der Waals surface area contributed by atoms with Gasteiger partial charge < -0.3 is 10.4 Å². The quantitative estimate of drug-likeness (QED) is 0.892. The van der Waals surface area contributed by atoms with Gasteiger partial charge in [0, 0.05) is 12.2 Å². The first kappa shape index (κ1) is 14.8. The van der Waals surface area contributed by atoms with Crippen molar-refractivity contribution in [2.75, 3.05) is 0 Å². The number of nitrogens with zero attached hydrogens (tertiary/aromatic N) is 1. The van der Waals surface area contributed by atoms with Crippen molar-refractivity contribution in [1.82, 2.24) is 10.3 Å². The van der Waals surface area contributed by atoms with E-state index in [0.717, 1.165) is 6.42 Å². The molecule has 1 amide bonds. The Morgan fingerprint density at radius 1 is 1.40 bits per heavy atom. The topological polar surface area (TPSA) is 62.2 Å². The summed E-state index contributed by atoms with van der Waals surface area (Å²) < 4.78 is 0. The number of aromatic hydroxyl groups is 1. The van der Waals surface area contributed by atoms with Crippen molar-refractivity contribution in [3.8, 4) is 5.75 Å². The number of hydrogen-bond acceptors (Lipinski definition) is 3. The largest absolute Gasteiger partial charge is 0.506 e. The highest BCUT2D eigenvalue weighted by Crippen LogP contribution is 2.33. The molecule has 1 aliphatic carbocycles. The lowest BCUT2D eigenvalue weighted by Crippen LogP contribution is -2.45. The van der Waals surface area contributed by atoms with E-state index in [1.165, 1.54) is 31.3 Å². The summed E-state index contributed by atoms with van der Waals surface area (Å²) in [5.74, 6) is 1.63. The van der Waals surface area contributed by atoms with E-state index in [-0.39, 0.29) is 17.7 Å². The Morgan fingerprint density at radius 3 is 2.80 bits per heavy atom. The Morgan fingerprint density at radius 2 is 2.15 bits per heavy atom. The molecule has 1 aromatic rings. The minimum absolute atomic E-state index is 0.0232. The van der Waals surface area contributed by atoms with Gasteiger partial charge in [-0.3, -0.25) is 9.78 Å². The Labute approximate surface area is 120 Å². The molecule has 2 rings (SSSR count). The molecule has 1 aliphatic rings. The number of rotatable bonds is 3. The molecule has 0 saturated heterocycles. The smallest absolute Gasteiger partial charge is 0.253 e. The molecule has 2 N–H and O–H groups in total. The Hall–Kier alpha value is -1.58. The van der Waals surface area contributed by atoms with Gasteiger partial charge in [0.1, 0.15) is 5.75 Å². The number of carbonyl (C=O) groups is 1. The third-order valence-electron chi connectivity index (χ3n) is 4.32. The molecule has 4 nitrogen and oxygen atoms in total. The number of nitrogens with one attached hydrogen (secondary N) is 1. The Kier molecular flexibility index (Phi) is 4.63. The van der Waals surface area contributed by atoms with Crippen LogP contribution in [0.5, 0.6) is 5.75 Å². The van der Waals surface area contributed by atoms with Crippen molar-refractivity contribution in [3.63, 3.8) is 0 Å². The molecular formula is C16H24N2O2. The monoisotopic (exact) mass is 276 g/mol. The van der Waals surface area contributed by atoms with Crippen molar-refractivity contribution < 1.29 is 9.90 Å². The maximum atomic E-state index is 12.3. The zero-order valence-corrected chi connectivity index (χ0v) is 12.5. The van der Waals surface area contributed by atoms with Gasteiger partial charge >= 0.3 is 0 Å². The zero-order valence-electron chi connectivity index (χ0n) is 12.5. The third-order valence-corrected chi connectivity index (χ3v) is 4.32. The van der Waals surface area contributed by atoms with Gasteiger partial charge in [-0.25, -0.2) is 0 Å². The number of amides is 1. The molecule has 3 atom stereocenters. The highest BCUT2D eigenvalue weighted by molar-refractivity contribution is 5.94. The van der Waals surface area contributed by atoms with Crippen LogP contribution in [-0.4, -0.2) is 22.0 Å². The van der Waals surface area contributed by atoms with Crippen LogP contribution in [0.4, 0.5) is 0 Å². The normalized spacial score (nSPS) is 26.5. The van der Waals surface area contributed by atoms with Crippen molar-refractivity contribution in [2.24, 2.45) is 17.8 Å². The number of carbonyl (C=O) groups excluding carboxylic acids is 1. The number of hydrogen-bond donors (Lipinski definition) is 2. The molecule has 1 aromatic heterocycles. The zero-order chi connectivity index (χ0) is 14.7. The SMILES string of the molecule is CC1CCC(C(C)C)C(NC(=O)c2cncc(O)c2)C1. The van der Waals surface area contributed by atoms with Gasteiger partial charge in [-0.2, -0.15) is 0 Å². The summed E-state index contributed by atoms with van der Waals surface area (Å²) in [5.41, 5.74) is 0.422. The molecular weight excluding hydrogens is 252 g/mol. The first-order valence-corrected chi connectivity index (χ1v) is 7.42. The average Bonchev–Trinajstić information content (AvgIpc) is 2.38. The number of pyridine rings is 1. The van der Waals surface area contributed by atoms with E-state index in [0.29, 0.717) is 23.3 Å². The van der Waals surface area contributed by atoms with Gasteiger partial charge in [0.15, 0.2) is 0 Å². The van der Waals surface area contributed by atoms with Gasteiger partial charge in [-0.1, -0.05) is 27.2 Å². The lowest BCUT2D eigenvalue weighted by molar-refractivity contribution is 0.0867. The first-order chi connectivity index (χ1) is 9.47. The molecule has 1 saturated carbocycles. The van der Waals surface area contributed by atoms with E-state index in [9.17, 15) is 9.90 Å². The number of aromatic nitrogens is 1. The van der Waals surface area contributed by atoms with Crippen LogP contribution in [0.2, 0.25) is 0 Å². The maximum Gasteiger partial charge on any atom is 0.253 e. The van der Waals surface area contributed by atoms with Gasteiger partial charge in [-0.05, 0) is 36.7 Å². The second-order valence-electron chi connectivity index (χ2n) is 6.34. The average molecular weight is 276 g/mol. The molecule has 3 unspecified atom stereocenters. The van der Waals surface area contributed by atoms with E-state index in [4.69, 9.17) is 0 Å². The highest BCUT2D eigenvalue weighted by Gasteiger charge is 2.31. The fraction of sp³-hybridized carbons (Fsp3) is 0.625. The molecule has 0 spiro atoms. The van der Waals surface area contributed by atoms with Crippen LogP contribution in [0.1, 0.15) is 50.4 Å². The van der Waals surface area contributed by atoms with Crippen LogP contribution in [0.15, 0.2) is 18.5 Å². The summed E-state index contributed by atoms with van der Waals surface area (Å²) >= 11 is 0. The fourth-order valence-corrected chi connectivity index (χ4v) is 3.17. The summed E-state index contributed by atoms with van der Waals surface area (Å²) in [7, 11) is 0. The van der Waals surface area contributed by atoms with Crippen molar-refractivity contribution in [1.29, 1.82) is 0 Å². The molecule has 4 heteroatoms. The van der Waals surface area contributed by atoms with E-state index in [2.05, 4.69) is 31.1 Å². The van der Waals surface area contributed by atoms with E-state index < -0.39 is 0 Å². The van der Waals surface area contributed by atoms with E-state index in [1.54, 1.807) is 0 Å². The molecule has 20 heavy (non-hydrogen) atoms. The predicted octanol–water partition coefficient (Wildman–Crippen LogP) is 2.98. The van der Waals surface area contributed by atoms with Crippen LogP contribution in [0.25, 0.3) is 0 Å². The molecule has 110 valence electrons. The summed E-state index contributed by atoms with van der Waals surface area (Å²) in [4.78, 5) is 16.1. The molecule has 0 radical (unpaired) electrons. The summed E-state index contributed by atoms with van der Waals surface area (Å²) in [5, 5.41) is 12.5. The maximum absolute atomic E-state index is 12.3. The second-order valence-corrected chi connectivity index (χ2v) is 6.34. The van der Waals surface area contributed by atoms with Gasteiger partial charge in [0.25, 0.3) is 5.91 Å². The van der Waals surface area contributed by atoms with E-state index >= 15 is 0 Å². The minimum Gasteiger partial charge on any atom is -0.506 e. The summed E-state index contributed by atoms with van der Waals surface area (Å²) in [6, 6.07) is 1.67. The Balaban J connectivity index is 2.08. The standard InChI is InChI=1S/C16H24N2O2/c1-10(2)14-5-4-11(3)6-15(14)18-16(20)12-7-13(19)9-17-8-12/h7-11,14-15,19H,4-6H2,1-3H3,(H,18,20). The lowest BCUT2D eigenvalue weighted by atomic mass is 9.74. The highest BCUT2D eigenvalue weighted by atomic mass is 16.3. The second kappa shape index (κ2) is 6.25. The predicted molar refractivity (Wildman–Crippen MR) is 78.5 cm³/mol. The Bertz CT molecular complexity index is 473. The van der Waals surface area contributed by atoms with Crippen LogP contribution < -0.4 is 5.32 Å². The molecule has 1 heterocycles. The molecule has 0 aromatic carbocycles. The van der Waals surface area contributed by atoms with Gasteiger partial charge in [0.05, 0.1) is 11.8 Å². The van der Waals surface area contributed by atoms with Crippen LogP contribution >= 0.6 is 0 Å². The molecule has 1 fully saturated rings. The first-order valence-electron chi connectivity index (χ1n) is 7.42. The van der Waals surface area contributed by atoms with Crippen LogP contribution in [0, 0.1) is 17.8 Å². The van der Waals surface area contributed by atoms with Crippen molar-refractivity contribution >= 4 is 5.91 Å².